The van der Waals surface area contributed by atoms with Gasteiger partial charge in [0.05, 0.1) is 5.75 Å². The van der Waals surface area contributed by atoms with E-state index in [9.17, 15) is 4.79 Å². The summed E-state index contributed by atoms with van der Waals surface area (Å²) in [7, 11) is 0. The van der Waals surface area contributed by atoms with Crippen LogP contribution in [0.5, 0.6) is 0 Å². The lowest BCUT2D eigenvalue weighted by molar-refractivity contribution is -0.132. The predicted octanol–water partition coefficient (Wildman–Crippen LogP) is 2.53. The molecule has 1 aliphatic rings. The number of carbonyl (C=O) groups excluding carboxylic acids is 1. The maximum absolute atomic E-state index is 12.3. The fraction of sp³-hybridized carbons (Fsp3) is 0.929. The summed E-state index contributed by atoms with van der Waals surface area (Å²) in [4.78, 5) is 14.4. The standard InChI is InChI=1S/C14H27NO2S/c1-11(2)15(13-6-4-5-7-13)14(17)10-18-9-12(3)8-16/h11-13,16H,4-10H2,1-3H3. The molecule has 18 heavy (non-hydrogen) atoms. The fourth-order valence-electron chi connectivity index (χ4n) is 2.57. The smallest absolute Gasteiger partial charge is 0.233 e. The summed E-state index contributed by atoms with van der Waals surface area (Å²) < 4.78 is 0. The van der Waals surface area contributed by atoms with Crippen LogP contribution in [-0.2, 0) is 4.79 Å². The Morgan fingerprint density at radius 2 is 1.94 bits per heavy atom. The van der Waals surface area contributed by atoms with Crippen LogP contribution in [0.2, 0.25) is 0 Å². The highest BCUT2D eigenvalue weighted by Crippen LogP contribution is 2.26. The second kappa shape index (κ2) is 8.05. The second-order valence-corrected chi connectivity index (χ2v) is 6.67. The van der Waals surface area contributed by atoms with Crippen molar-refractivity contribution < 1.29 is 9.90 Å². The van der Waals surface area contributed by atoms with E-state index in [-0.39, 0.29) is 18.4 Å². The zero-order valence-corrected chi connectivity index (χ0v) is 12.7. The van der Waals surface area contributed by atoms with Crippen LogP contribution in [0.15, 0.2) is 0 Å². The Hall–Kier alpha value is -0.220. The van der Waals surface area contributed by atoms with Crippen molar-refractivity contribution in [2.24, 2.45) is 5.92 Å². The lowest BCUT2D eigenvalue weighted by atomic mass is 10.1. The van der Waals surface area contributed by atoms with E-state index in [0.717, 1.165) is 5.75 Å². The lowest BCUT2D eigenvalue weighted by Gasteiger charge is -2.33. The van der Waals surface area contributed by atoms with E-state index in [0.29, 0.717) is 17.8 Å². The summed E-state index contributed by atoms with van der Waals surface area (Å²) in [6, 6.07) is 0.768. The fourth-order valence-corrected chi connectivity index (χ4v) is 3.52. The van der Waals surface area contributed by atoms with Crippen LogP contribution in [0.4, 0.5) is 0 Å². The third kappa shape index (κ3) is 4.81. The number of thioether (sulfide) groups is 1. The normalized spacial score (nSPS) is 18.3. The van der Waals surface area contributed by atoms with Crippen LogP contribution in [0, 0.1) is 5.92 Å². The van der Waals surface area contributed by atoms with E-state index in [1.165, 1.54) is 25.7 Å². The van der Waals surface area contributed by atoms with Crippen molar-refractivity contribution in [3.63, 3.8) is 0 Å². The average Bonchev–Trinajstić information content (AvgIpc) is 2.82. The molecule has 1 atom stereocenters. The van der Waals surface area contributed by atoms with E-state index in [1.54, 1.807) is 11.8 Å². The third-order valence-electron chi connectivity index (χ3n) is 3.50. The number of carbonyl (C=O) groups is 1. The summed E-state index contributed by atoms with van der Waals surface area (Å²) in [5.41, 5.74) is 0. The molecule has 1 unspecified atom stereocenters. The Labute approximate surface area is 115 Å². The Bertz CT molecular complexity index is 252. The van der Waals surface area contributed by atoms with Gasteiger partial charge in [-0.3, -0.25) is 4.79 Å². The maximum Gasteiger partial charge on any atom is 0.233 e. The van der Waals surface area contributed by atoms with Crippen molar-refractivity contribution in [1.29, 1.82) is 0 Å². The molecule has 1 saturated carbocycles. The molecule has 106 valence electrons. The molecule has 1 aliphatic carbocycles. The van der Waals surface area contributed by atoms with Crippen LogP contribution >= 0.6 is 11.8 Å². The molecular weight excluding hydrogens is 246 g/mol. The highest BCUT2D eigenvalue weighted by Gasteiger charge is 2.28. The number of aliphatic hydroxyl groups excluding tert-OH is 1. The van der Waals surface area contributed by atoms with Crippen LogP contribution < -0.4 is 0 Å². The van der Waals surface area contributed by atoms with Gasteiger partial charge in [-0.1, -0.05) is 19.8 Å². The molecule has 1 fully saturated rings. The van der Waals surface area contributed by atoms with E-state index in [1.807, 2.05) is 6.92 Å². The van der Waals surface area contributed by atoms with Crippen LogP contribution in [0.3, 0.4) is 0 Å². The number of amides is 1. The first-order valence-electron chi connectivity index (χ1n) is 7.06. The molecule has 0 aromatic carbocycles. The summed E-state index contributed by atoms with van der Waals surface area (Å²) in [6.45, 7) is 6.43. The van der Waals surface area contributed by atoms with Gasteiger partial charge in [0.15, 0.2) is 0 Å². The molecule has 0 aromatic rings. The van der Waals surface area contributed by atoms with E-state index in [4.69, 9.17) is 5.11 Å². The van der Waals surface area contributed by atoms with Gasteiger partial charge in [-0.05, 0) is 38.4 Å². The first kappa shape index (κ1) is 15.8. The maximum atomic E-state index is 12.3. The third-order valence-corrected chi connectivity index (χ3v) is 4.76. The highest BCUT2D eigenvalue weighted by atomic mass is 32.2. The SMILES string of the molecule is CC(CO)CSCC(=O)N(C(C)C)C1CCCC1. The van der Waals surface area contributed by atoms with Gasteiger partial charge in [-0.25, -0.2) is 0 Å². The zero-order valence-electron chi connectivity index (χ0n) is 11.9. The Balaban J connectivity index is 2.40. The Kier molecular flexibility index (Phi) is 7.08. The monoisotopic (exact) mass is 273 g/mol. The number of hydrogen-bond donors (Lipinski definition) is 1. The molecule has 0 aromatic heterocycles. The molecule has 1 amide bonds. The molecule has 1 rings (SSSR count). The van der Waals surface area contributed by atoms with Crippen LogP contribution in [0.25, 0.3) is 0 Å². The Morgan fingerprint density at radius 1 is 1.33 bits per heavy atom. The van der Waals surface area contributed by atoms with Crippen LogP contribution in [0.1, 0.15) is 46.5 Å². The molecule has 0 heterocycles. The van der Waals surface area contributed by atoms with Crippen molar-refractivity contribution in [2.75, 3.05) is 18.1 Å². The van der Waals surface area contributed by atoms with Crippen molar-refractivity contribution in [3.8, 4) is 0 Å². The second-order valence-electron chi connectivity index (χ2n) is 5.64. The van der Waals surface area contributed by atoms with Gasteiger partial charge in [-0.2, -0.15) is 11.8 Å². The minimum absolute atomic E-state index is 0.206. The number of nitrogens with zero attached hydrogens (tertiary/aromatic N) is 1. The van der Waals surface area contributed by atoms with E-state index >= 15 is 0 Å². The van der Waals surface area contributed by atoms with Gasteiger partial charge in [0, 0.05) is 18.7 Å². The molecule has 0 aliphatic heterocycles. The molecule has 4 heteroatoms. The molecule has 3 nitrogen and oxygen atoms in total. The first-order chi connectivity index (χ1) is 8.56. The average molecular weight is 273 g/mol. The first-order valence-corrected chi connectivity index (χ1v) is 8.21. The topological polar surface area (TPSA) is 40.5 Å². The molecular formula is C14H27NO2S. The minimum Gasteiger partial charge on any atom is -0.396 e. The van der Waals surface area contributed by atoms with Gasteiger partial charge in [0.25, 0.3) is 0 Å². The van der Waals surface area contributed by atoms with E-state index < -0.39 is 0 Å². The predicted molar refractivity (Wildman–Crippen MR) is 77.8 cm³/mol. The molecule has 0 radical (unpaired) electrons. The van der Waals surface area contributed by atoms with Crippen molar-refractivity contribution in [2.45, 2.75) is 58.5 Å². The zero-order chi connectivity index (χ0) is 13.5. The molecule has 0 saturated heterocycles. The van der Waals surface area contributed by atoms with Gasteiger partial charge < -0.3 is 10.0 Å². The van der Waals surface area contributed by atoms with Crippen molar-refractivity contribution in [1.82, 2.24) is 4.90 Å². The number of hydrogen-bond acceptors (Lipinski definition) is 3. The number of aliphatic hydroxyl groups is 1. The number of rotatable bonds is 7. The van der Waals surface area contributed by atoms with Gasteiger partial charge >= 0.3 is 0 Å². The summed E-state index contributed by atoms with van der Waals surface area (Å²) in [5.74, 6) is 1.96. The van der Waals surface area contributed by atoms with Crippen LogP contribution in [-0.4, -0.2) is 46.1 Å². The summed E-state index contributed by atoms with van der Waals surface area (Å²) >= 11 is 1.65. The van der Waals surface area contributed by atoms with Gasteiger partial charge in [0.2, 0.25) is 5.91 Å². The quantitative estimate of drug-likeness (QED) is 0.775. The van der Waals surface area contributed by atoms with Crippen molar-refractivity contribution >= 4 is 17.7 Å². The summed E-state index contributed by atoms with van der Waals surface area (Å²) in [5, 5.41) is 8.96. The highest BCUT2D eigenvalue weighted by molar-refractivity contribution is 7.99. The van der Waals surface area contributed by atoms with E-state index in [2.05, 4.69) is 18.7 Å². The van der Waals surface area contributed by atoms with Gasteiger partial charge in [0.1, 0.15) is 0 Å². The summed E-state index contributed by atoms with van der Waals surface area (Å²) in [6.07, 6.45) is 4.86. The lowest BCUT2D eigenvalue weighted by Crippen LogP contribution is -2.44. The van der Waals surface area contributed by atoms with Crippen molar-refractivity contribution in [3.05, 3.63) is 0 Å². The minimum atomic E-state index is 0.206. The Morgan fingerprint density at radius 3 is 2.44 bits per heavy atom. The molecule has 1 N–H and O–H groups in total. The largest absolute Gasteiger partial charge is 0.396 e. The molecule has 0 bridgehead atoms. The molecule has 0 spiro atoms. The van der Waals surface area contributed by atoms with Gasteiger partial charge in [-0.15, -0.1) is 0 Å².